The molecule has 1 aromatic heterocycles. The lowest BCUT2D eigenvalue weighted by molar-refractivity contribution is -0.137. The average molecular weight is 499 g/mol. The maximum Gasteiger partial charge on any atom is 0.416 e. The van der Waals surface area contributed by atoms with Crippen molar-refractivity contribution >= 4 is 11.5 Å². The van der Waals surface area contributed by atoms with Crippen molar-refractivity contribution in [1.29, 1.82) is 0 Å². The van der Waals surface area contributed by atoms with Gasteiger partial charge in [0.05, 0.1) is 12.2 Å². The SMILES string of the molecule is OCCC#Cc1ccnc(N2CC3CCCCC3NC3CN(c4ccc(C(F)(F)F)cc4)CCC32)c1. The number of hydrogen-bond donors (Lipinski definition) is 2. The van der Waals surface area contributed by atoms with E-state index in [1.807, 2.05) is 12.1 Å². The summed E-state index contributed by atoms with van der Waals surface area (Å²) in [6.45, 7) is 2.51. The van der Waals surface area contributed by atoms with Crippen molar-refractivity contribution < 1.29 is 18.3 Å². The van der Waals surface area contributed by atoms with Gasteiger partial charge in [-0.15, -0.1) is 0 Å². The summed E-state index contributed by atoms with van der Waals surface area (Å²) < 4.78 is 39.2. The lowest BCUT2D eigenvalue weighted by Gasteiger charge is -2.44. The number of nitrogens with one attached hydrogen (secondary N) is 1. The second-order valence-electron chi connectivity index (χ2n) is 10.1. The van der Waals surface area contributed by atoms with E-state index in [4.69, 9.17) is 10.1 Å². The van der Waals surface area contributed by atoms with Gasteiger partial charge in [0.25, 0.3) is 0 Å². The van der Waals surface area contributed by atoms with Crippen LogP contribution in [0.15, 0.2) is 42.6 Å². The van der Waals surface area contributed by atoms with Crippen LogP contribution in [0, 0.1) is 17.8 Å². The maximum atomic E-state index is 13.1. The highest BCUT2D eigenvalue weighted by atomic mass is 19.4. The average Bonchev–Trinajstić information content (AvgIpc) is 3.05. The number of hydrogen-bond acceptors (Lipinski definition) is 5. The summed E-state index contributed by atoms with van der Waals surface area (Å²) in [4.78, 5) is 9.39. The van der Waals surface area contributed by atoms with Gasteiger partial charge in [0.15, 0.2) is 0 Å². The molecule has 8 heteroatoms. The highest BCUT2D eigenvalue weighted by Crippen LogP contribution is 2.36. The van der Waals surface area contributed by atoms with Crippen LogP contribution >= 0.6 is 0 Å². The molecule has 4 unspecified atom stereocenters. The van der Waals surface area contributed by atoms with Crippen molar-refractivity contribution in [3.8, 4) is 11.8 Å². The number of anilines is 2. The predicted molar refractivity (Wildman–Crippen MR) is 135 cm³/mol. The third kappa shape index (κ3) is 5.47. The number of piperidine rings is 1. The third-order valence-electron chi connectivity index (χ3n) is 7.81. The Morgan fingerprint density at radius 2 is 1.83 bits per heavy atom. The molecule has 0 amide bonds. The standard InChI is InChI=1S/C28H33F3N4O/c29-28(30,31)22-8-10-23(11-9-22)34-15-13-26-25(19-34)33-24-7-2-1-6-21(24)18-35(26)27-17-20(12-14-32-27)5-3-4-16-36/h8-12,14,17,21,24-26,33,36H,1-2,4,6-7,13,15-16,18-19H2. The molecule has 2 saturated heterocycles. The van der Waals surface area contributed by atoms with Crippen LogP contribution < -0.4 is 15.1 Å². The number of pyridine rings is 1. The molecule has 3 aliphatic rings. The molecular formula is C28H33F3N4O. The van der Waals surface area contributed by atoms with Gasteiger partial charge in [0, 0.05) is 61.6 Å². The molecule has 1 saturated carbocycles. The zero-order valence-corrected chi connectivity index (χ0v) is 20.3. The fourth-order valence-electron chi connectivity index (χ4n) is 6.02. The van der Waals surface area contributed by atoms with Gasteiger partial charge < -0.3 is 20.2 Å². The smallest absolute Gasteiger partial charge is 0.395 e. The van der Waals surface area contributed by atoms with Crippen LogP contribution in [0.1, 0.15) is 49.7 Å². The van der Waals surface area contributed by atoms with Crippen LogP contribution in [-0.4, -0.2) is 54.5 Å². The first-order valence-corrected chi connectivity index (χ1v) is 12.9. The second kappa shape index (κ2) is 10.7. The fraction of sp³-hybridized carbons (Fsp3) is 0.536. The van der Waals surface area contributed by atoms with E-state index >= 15 is 0 Å². The first kappa shape index (κ1) is 24.9. The van der Waals surface area contributed by atoms with Crippen LogP contribution in [0.3, 0.4) is 0 Å². The number of aromatic nitrogens is 1. The molecule has 2 N–H and O–H groups in total. The van der Waals surface area contributed by atoms with Crippen LogP contribution in [0.4, 0.5) is 24.7 Å². The van der Waals surface area contributed by atoms with E-state index in [0.717, 1.165) is 49.5 Å². The Labute approximate surface area is 210 Å². The van der Waals surface area contributed by atoms with Crippen LogP contribution in [0.2, 0.25) is 0 Å². The van der Waals surface area contributed by atoms with Crippen LogP contribution in [0.25, 0.3) is 0 Å². The van der Waals surface area contributed by atoms with Crippen molar-refractivity contribution in [2.24, 2.45) is 5.92 Å². The number of benzene rings is 1. The molecule has 2 aliphatic heterocycles. The zero-order chi connectivity index (χ0) is 25.1. The predicted octanol–water partition coefficient (Wildman–Crippen LogP) is 4.45. The highest BCUT2D eigenvalue weighted by molar-refractivity contribution is 5.52. The number of nitrogens with zero attached hydrogens (tertiary/aromatic N) is 3. The quantitative estimate of drug-likeness (QED) is 0.613. The monoisotopic (exact) mass is 498 g/mol. The van der Waals surface area contributed by atoms with E-state index in [0.29, 0.717) is 18.4 Å². The Kier molecular flexibility index (Phi) is 7.40. The van der Waals surface area contributed by atoms with Crippen LogP contribution in [0.5, 0.6) is 0 Å². The zero-order valence-electron chi connectivity index (χ0n) is 20.3. The molecule has 36 heavy (non-hydrogen) atoms. The third-order valence-corrected chi connectivity index (χ3v) is 7.81. The first-order chi connectivity index (χ1) is 17.4. The summed E-state index contributed by atoms with van der Waals surface area (Å²) in [5, 5.41) is 13.0. The summed E-state index contributed by atoms with van der Waals surface area (Å²) in [7, 11) is 0. The van der Waals surface area contributed by atoms with Gasteiger partial charge in [-0.25, -0.2) is 4.98 Å². The molecule has 4 atom stereocenters. The molecule has 5 rings (SSSR count). The Morgan fingerprint density at radius 3 is 2.61 bits per heavy atom. The Balaban J connectivity index is 1.40. The van der Waals surface area contributed by atoms with Gasteiger partial charge in [-0.2, -0.15) is 13.2 Å². The number of alkyl halides is 3. The van der Waals surface area contributed by atoms with Crippen molar-refractivity contribution in [3.05, 3.63) is 53.7 Å². The fourth-order valence-corrected chi connectivity index (χ4v) is 6.02. The van der Waals surface area contributed by atoms with Crippen LogP contribution in [-0.2, 0) is 6.18 Å². The number of rotatable bonds is 3. The lowest BCUT2D eigenvalue weighted by atomic mass is 9.84. The van der Waals surface area contributed by atoms with Gasteiger partial charge >= 0.3 is 6.18 Å². The molecule has 0 bridgehead atoms. The van der Waals surface area contributed by atoms with E-state index in [-0.39, 0.29) is 18.7 Å². The topological polar surface area (TPSA) is 51.6 Å². The van der Waals surface area contributed by atoms with E-state index in [1.165, 1.54) is 31.4 Å². The molecule has 3 heterocycles. The van der Waals surface area contributed by atoms with Crippen molar-refractivity contribution in [3.63, 3.8) is 0 Å². The van der Waals surface area contributed by atoms with E-state index < -0.39 is 11.7 Å². The van der Waals surface area contributed by atoms with Gasteiger partial charge in [-0.05, 0) is 61.6 Å². The number of fused-ring (bicyclic) bond motifs is 2. The molecule has 0 spiro atoms. The van der Waals surface area contributed by atoms with E-state index in [9.17, 15) is 13.2 Å². The van der Waals surface area contributed by atoms with Gasteiger partial charge in [0.2, 0.25) is 0 Å². The Bertz CT molecular complexity index is 1090. The van der Waals surface area contributed by atoms with E-state index in [1.54, 1.807) is 18.3 Å². The number of halogens is 3. The maximum absolute atomic E-state index is 13.1. The minimum absolute atomic E-state index is 0.0466. The van der Waals surface area contributed by atoms with Gasteiger partial charge in [-0.3, -0.25) is 0 Å². The molecule has 1 aromatic carbocycles. The number of aliphatic hydroxyl groups is 1. The van der Waals surface area contributed by atoms with Crippen molar-refractivity contribution in [1.82, 2.24) is 10.3 Å². The van der Waals surface area contributed by atoms with E-state index in [2.05, 4.69) is 27.0 Å². The normalized spacial score (nSPS) is 26.3. The Hall–Kier alpha value is -2.76. The summed E-state index contributed by atoms with van der Waals surface area (Å²) in [5.74, 6) is 7.59. The van der Waals surface area contributed by atoms with Gasteiger partial charge in [-0.1, -0.05) is 24.7 Å². The first-order valence-electron chi connectivity index (χ1n) is 12.9. The molecule has 2 aromatic rings. The minimum Gasteiger partial charge on any atom is -0.395 e. The molecule has 0 radical (unpaired) electrons. The van der Waals surface area contributed by atoms with Crippen molar-refractivity contribution in [2.45, 2.75) is 62.8 Å². The van der Waals surface area contributed by atoms with Crippen molar-refractivity contribution in [2.75, 3.05) is 36.0 Å². The molecular weight excluding hydrogens is 465 g/mol. The van der Waals surface area contributed by atoms with Gasteiger partial charge in [0.1, 0.15) is 5.82 Å². The Morgan fingerprint density at radius 1 is 1.03 bits per heavy atom. The molecule has 192 valence electrons. The summed E-state index contributed by atoms with van der Waals surface area (Å²) in [6, 6.07) is 10.4. The molecule has 3 fully saturated rings. The largest absolute Gasteiger partial charge is 0.416 e. The minimum atomic E-state index is -4.32. The lowest BCUT2D eigenvalue weighted by Crippen LogP contribution is -2.59. The number of aliphatic hydroxyl groups excluding tert-OH is 1. The molecule has 1 aliphatic carbocycles. The molecule has 5 nitrogen and oxygen atoms in total. The second-order valence-corrected chi connectivity index (χ2v) is 10.1. The summed E-state index contributed by atoms with van der Waals surface area (Å²) >= 11 is 0. The highest BCUT2D eigenvalue weighted by Gasteiger charge is 2.42. The summed E-state index contributed by atoms with van der Waals surface area (Å²) in [5.41, 5.74) is 1.11. The summed E-state index contributed by atoms with van der Waals surface area (Å²) in [6.07, 6.45) is 3.62.